The van der Waals surface area contributed by atoms with E-state index in [0.29, 0.717) is 0 Å². The number of thioether (sulfide) groups is 2. The van der Waals surface area contributed by atoms with Crippen molar-refractivity contribution in [2.75, 3.05) is 32.7 Å². The lowest BCUT2D eigenvalue weighted by Crippen LogP contribution is -3.08. The third-order valence-electron chi connectivity index (χ3n) is 3.68. The molecule has 1 N–H and O–H groups in total. The van der Waals surface area contributed by atoms with Crippen LogP contribution in [-0.2, 0) is 22.5 Å². The van der Waals surface area contributed by atoms with Crippen LogP contribution in [0.1, 0.15) is 10.4 Å². The zero-order chi connectivity index (χ0) is 15.7. The van der Waals surface area contributed by atoms with Gasteiger partial charge in [-0.2, -0.15) is 0 Å². The first-order chi connectivity index (χ1) is 10.6. The number of quaternary nitrogens is 1. The third kappa shape index (κ3) is 3.10. The van der Waals surface area contributed by atoms with Crippen LogP contribution >= 0.6 is 34.9 Å². The summed E-state index contributed by atoms with van der Waals surface area (Å²) in [4.78, 5) is 24.7. The van der Waals surface area contributed by atoms with Crippen LogP contribution in [0.3, 0.4) is 0 Å². The molecule has 0 amide bonds. The summed E-state index contributed by atoms with van der Waals surface area (Å²) in [5, 5.41) is 2.83. The molecule has 1 aliphatic rings. The number of hydrogen-bond acceptors (Lipinski definition) is 7. The van der Waals surface area contributed by atoms with Gasteiger partial charge in [0, 0.05) is 11.8 Å². The summed E-state index contributed by atoms with van der Waals surface area (Å²) in [6.07, 6.45) is 3.02. The van der Waals surface area contributed by atoms with E-state index in [9.17, 15) is 4.79 Å². The van der Waals surface area contributed by atoms with E-state index in [-0.39, 0.29) is 11.7 Å². The standard InChI is InChI=1S/C14H17N3O2S3/c1-17-5-4-8-9(6-17)22-13-11(8)12(15-14(16-13)20-3)21-7-10(18)19-2/h4-7H2,1-3H3/p+1. The first kappa shape index (κ1) is 16.0. The average Bonchev–Trinajstić information content (AvgIpc) is 2.89. The lowest BCUT2D eigenvalue weighted by molar-refractivity contribution is -0.895. The third-order valence-corrected chi connectivity index (χ3v) is 6.30. The van der Waals surface area contributed by atoms with Crippen molar-refractivity contribution in [1.82, 2.24) is 9.97 Å². The second kappa shape index (κ2) is 6.74. The van der Waals surface area contributed by atoms with Gasteiger partial charge in [0.05, 0.1) is 31.3 Å². The second-order valence-electron chi connectivity index (χ2n) is 5.20. The Hall–Kier alpha value is -0.830. The van der Waals surface area contributed by atoms with Crippen molar-refractivity contribution >= 4 is 51.0 Å². The molecule has 0 saturated carbocycles. The Labute approximate surface area is 141 Å². The zero-order valence-corrected chi connectivity index (χ0v) is 15.2. The lowest BCUT2D eigenvalue weighted by atomic mass is 10.1. The molecule has 0 fully saturated rings. The number of carbonyl (C=O) groups excluding carboxylic acids is 1. The van der Waals surface area contributed by atoms with Crippen molar-refractivity contribution in [3.8, 4) is 0 Å². The molecule has 1 unspecified atom stereocenters. The summed E-state index contributed by atoms with van der Waals surface area (Å²) in [6, 6.07) is 0. The number of ether oxygens (including phenoxy) is 1. The number of fused-ring (bicyclic) bond motifs is 3. The summed E-state index contributed by atoms with van der Waals surface area (Å²) in [7, 11) is 3.64. The van der Waals surface area contributed by atoms with Crippen LogP contribution in [0.15, 0.2) is 10.2 Å². The maximum atomic E-state index is 11.5. The number of thiophene rings is 1. The van der Waals surface area contributed by atoms with Gasteiger partial charge in [-0.15, -0.1) is 11.3 Å². The van der Waals surface area contributed by atoms with E-state index in [1.54, 1.807) is 11.3 Å². The fourth-order valence-electron chi connectivity index (χ4n) is 2.54. The van der Waals surface area contributed by atoms with Crippen molar-refractivity contribution in [2.45, 2.75) is 23.1 Å². The number of nitrogens with zero attached hydrogens (tertiary/aromatic N) is 2. The minimum atomic E-state index is -0.226. The van der Waals surface area contributed by atoms with Gasteiger partial charge in [-0.1, -0.05) is 23.5 Å². The zero-order valence-electron chi connectivity index (χ0n) is 12.8. The van der Waals surface area contributed by atoms with Gasteiger partial charge in [0.25, 0.3) is 0 Å². The summed E-state index contributed by atoms with van der Waals surface area (Å²) in [5.74, 6) is 0.0578. The highest BCUT2D eigenvalue weighted by molar-refractivity contribution is 8.00. The van der Waals surface area contributed by atoms with Gasteiger partial charge in [0.2, 0.25) is 0 Å². The monoisotopic (exact) mass is 356 g/mol. The minimum absolute atomic E-state index is 0.226. The molecule has 0 saturated heterocycles. The van der Waals surface area contributed by atoms with Gasteiger partial charge >= 0.3 is 5.97 Å². The molecule has 1 atom stereocenters. The first-order valence-electron chi connectivity index (χ1n) is 6.99. The van der Waals surface area contributed by atoms with Gasteiger partial charge in [-0.25, -0.2) is 9.97 Å². The molecule has 22 heavy (non-hydrogen) atoms. The van der Waals surface area contributed by atoms with Crippen LogP contribution in [-0.4, -0.2) is 48.6 Å². The van der Waals surface area contributed by atoms with Gasteiger partial charge < -0.3 is 9.64 Å². The molecule has 3 rings (SSSR count). The largest absolute Gasteiger partial charge is 0.468 e. The van der Waals surface area contributed by atoms with Gasteiger partial charge in [0.15, 0.2) is 5.16 Å². The van der Waals surface area contributed by atoms with Crippen molar-refractivity contribution in [3.63, 3.8) is 0 Å². The number of nitrogens with one attached hydrogen (secondary N) is 1. The quantitative estimate of drug-likeness (QED) is 0.385. The Kier molecular flexibility index (Phi) is 4.91. The SMILES string of the molecule is COC(=O)CSc1nc(SC)nc2sc3c(c12)CC[NH+](C)C3. The second-order valence-corrected chi connectivity index (χ2v) is 8.02. The molecule has 3 heterocycles. The minimum Gasteiger partial charge on any atom is -0.468 e. The summed E-state index contributed by atoms with van der Waals surface area (Å²) >= 11 is 4.76. The van der Waals surface area contributed by atoms with E-state index in [1.807, 2.05) is 6.26 Å². The fraction of sp³-hybridized carbons (Fsp3) is 0.500. The number of carbonyl (C=O) groups is 1. The van der Waals surface area contributed by atoms with E-state index >= 15 is 0 Å². The Bertz CT molecular complexity index is 717. The number of aromatic nitrogens is 2. The number of methoxy groups -OCH3 is 1. The first-order valence-corrected chi connectivity index (χ1v) is 10.0. The van der Waals surface area contributed by atoms with Crippen molar-refractivity contribution in [1.29, 1.82) is 0 Å². The van der Waals surface area contributed by atoms with Crippen LogP contribution in [0.2, 0.25) is 0 Å². The van der Waals surface area contributed by atoms with Crippen LogP contribution in [0.4, 0.5) is 0 Å². The van der Waals surface area contributed by atoms with E-state index in [2.05, 4.69) is 17.0 Å². The van der Waals surface area contributed by atoms with E-state index in [1.165, 1.54) is 46.0 Å². The Morgan fingerprint density at radius 1 is 1.45 bits per heavy atom. The number of likely N-dealkylation sites (N-methyl/N-ethyl adjacent to an activating group) is 1. The Morgan fingerprint density at radius 2 is 2.27 bits per heavy atom. The molecule has 8 heteroatoms. The molecule has 2 aromatic rings. The molecule has 0 radical (unpaired) electrons. The predicted octanol–water partition coefficient (Wildman–Crippen LogP) is 1.25. The molecule has 5 nitrogen and oxygen atoms in total. The molecule has 0 bridgehead atoms. The Balaban J connectivity index is 2.06. The molecule has 0 aromatic carbocycles. The summed E-state index contributed by atoms with van der Waals surface area (Å²) in [5.41, 5.74) is 1.38. The van der Waals surface area contributed by atoms with Crippen LogP contribution < -0.4 is 4.90 Å². The van der Waals surface area contributed by atoms with Crippen molar-refractivity contribution < 1.29 is 14.4 Å². The molecule has 2 aromatic heterocycles. The summed E-state index contributed by atoms with van der Waals surface area (Å²) < 4.78 is 4.74. The molecular formula is C14H18N3O2S3+. The smallest absolute Gasteiger partial charge is 0.316 e. The highest BCUT2D eigenvalue weighted by Gasteiger charge is 2.25. The lowest BCUT2D eigenvalue weighted by Gasteiger charge is -2.19. The van der Waals surface area contributed by atoms with Gasteiger partial charge in [-0.05, 0) is 11.8 Å². The number of rotatable bonds is 4. The number of esters is 1. The van der Waals surface area contributed by atoms with Crippen molar-refractivity contribution in [2.24, 2.45) is 0 Å². The number of hydrogen-bond donors (Lipinski definition) is 1. The van der Waals surface area contributed by atoms with E-state index in [4.69, 9.17) is 4.74 Å². The van der Waals surface area contributed by atoms with E-state index < -0.39 is 0 Å². The van der Waals surface area contributed by atoms with Crippen LogP contribution in [0.25, 0.3) is 10.2 Å². The molecular weight excluding hydrogens is 338 g/mol. The molecule has 118 valence electrons. The fourth-order valence-corrected chi connectivity index (χ4v) is 5.31. The van der Waals surface area contributed by atoms with Gasteiger partial charge in [-0.3, -0.25) is 4.79 Å². The topological polar surface area (TPSA) is 56.5 Å². The highest BCUT2D eigenvalue weighted by atomic mass is 32.2. The summed E-state index contributed by atoms with van der Waals surface area (Å²) in [6.45, 7) is 2.18. The van der Waals surface area contributed by atoms with E-state index in [0.717, 1.165) is 39.9 Å². The molecule has 0 aliphatic carbocycles. The van der Waals surface area contributed by atoms with Crippen LogP contribution in [0.5, 0.6) is 0 Å². The average molecular weight is 357 g/mol. The molecule has 1 aliphatic heterocycles. The maximum Gasteiger partial charge on any atom is 0.316 e. The van der Waals surface area contributed by atoms with Crippen molar-refractivity contribution in [3.05, 3.63) is 10.4 Å². The maximum absolute atomic E-state index is 11.5. The predicted molar refractivity (Wildman–Crippen MR) is 91.1 cm³/mol. The molecule has 0 spiro atoms. The normalized spacial score (nSPS) is 17.5. The van der Waals surface area contributed by atoms with Crippen LogP contribution in [0, 0.1) is 0 Å². The highest BCUT2D eigenvalue weighted by Crippen LogP contribution is 2.37. The Morgan fingerprint density at radius 3 is 3.00 bits per heavy atom. The van der Waals surface area contributed by atoms with Gasteiger partial charge in [0.1, 0.15) is 16.4 Å².